The molecule has 0 bridgehead atoms. The topological polar surface area (TPSA) is 87.9 Å². The summed E-state index contributed by atoms with van der Waals surface area (Å²) in [5, 5.41) is 0.638. The third-order valence-electron chi connectivity index (χ3n) is 5.48. The Balaban J connectivity index is 1.80. The SMILES string of the molecule is COC(=O)C1=C(N)OC2=C(C(=O)CCC2)[C@@H]1c1cc(Br)ccc1OCc1ccc(Cl)cc1. The summed E-state index contributed by atoms with van der Waals surface area (Å²) in [6, 6.07) is 12.8. The number of rotatable bonds is 5. The molecule has 0 amide bonds. The lowest BCUT2D eigenvalue weighted by atomic mass is 9.77. The zero-order valence-electron chi connectivity index (χ0n) is 17.3. The summed E-state index contributed by atoms with van der Waals surface area (Å²) in [6.07, 6.45) is 1.62. The summed E-state index contributed by atoms with van der Waals surface area (Å²) in [5.41, 5.74) is 8.22. The first-order valence-electron chi connectivity index (χ1n) is 10.1. The first-order chi connectivity index (χ1) is 15.4. The van der Waals surface area contributed by atoms with Gasteiger partial charge in [-0.3, -0.25) is 4.79 Å². The van der Waals surface area contributed by atoms with E-state index in [1.165, 1.54) is 7.11 Å². The minimum Gasteiger partial charge on any atom is -0.489 e. The fourth-order valence-corrected chi connectivity index (χ4v) is 4.50. The van der Waals surface area contributed by atoms with Gasteiger partial charge in [0.25, 0.3) is 0 Å². The number of benzene rings is 2. The van der Waals surface area contributed by atoms with Crippen LogP contribution in [0.15, 0.2) is 69.7 Å². The lowest BCUT2D eigenvalue weighted by molar-refractivity contribution is -0.136. The van der Waals surface area contributed by atoms with Crippen molar-refractivity contribution in [3.63, 3.8) is 0 Å². The molecule has 2 aliphatic rings. The predicted molar refractivity (Wildman–Crippen MR) is 123 cm³/mol. The van der Waals surface area contributed by atoms with E-state index in [0.717, 1.165) is 10.0 Å². The molecule has 0 spiro atoms. The highest BCUT2D eigenvalue weighted by atomic mass is 79.9. The van der Waals surface area contributed by atoms with Crippen LogP contribution in [-0.4, -0.2) is 18.9 Å². The zero-order chi connectivity index (χ0) is 22.8. The van der Waals surface area contributed by atoms with Gasteiger partial charge in [-0.2, -0.15) is 0 Å². The largest absolute Gasteiger partial charge is 0.489 e. The van der Waals surface area contributed by atoms with Gasteiger partial charge in [-0.25, -0.2) is 4.79 Å². The van der Waals surface area contributed by atoms with Crippen molar-refractivity contribution < 1.29 is 23.8 Å². The molecule has 2 aromatic carbocycles. The standard InChI is InChI=1S/C24H21BrClNO5/c1-30-24(29)22-20(21-17(28)3-2-4-19(21)32-23(22)27)16-11-14(25)7-10-18(16)31-12-13-5-8-15(26)9-6-13/h5-11,20H,2-4,12,27H2,1H3/t20-/m0/s1. The van der Waals surface area contributed by atoms with E-state index >= 15 is 0 Å². The zero-order valence-corrected chi connectivity index (χ0v) is 19.7. The highest BCUT2D eigenvalue weighted by molar-refractivity contribution is 9.10. The number of Topliss-reactive ketones (excluding diaryl/α,β-unsaturated/α-hetero) is 1. The van der Waals surface area contributed by atoms with Gasteiger partial charge in [-0.15, -0.1) is 0 Å². The van der Waals surface area contributed by atoms with Gasteiger partial charge >= 0.3 is 5.97 Å². The second-order valence-corrected chi connectivity index (χ2v) is 8.87. The number of methoxy groups -OCH3 is 1. The maximum absolute atomic E-state index is 13.0. The first kappa shape index (κ1) is 22.4. The van der Waals surface area contributed by atoms with Crippen LogP contribution in [0.1, 0.15) is 36.3 Å². The highest BCUT2D eigenvalue weighted by Crippen LogP contribution is 2.47. The van der Waals surface area contributed by atoms with Gasteiger partial charge in [0.15, 0.2) is 5.78 Å². The van der Waals surface area contributed by atoms with Crippen LogP contribution in [0.25, 0.3) is 0 Å². The Bertz CT molecular complexity index is 1140. The van der Waals surface area contributed by atoms with Crippen molar-refractivity contribution in [2.75, 3.05) is 7.11 Å². The second kappa shape index (κ2) is 9.38. The molecule has 0 unspecified atom stereocenters. The third kappa shape index (κ3) is 4.40. The van der Waals surface area contributed by atoms with E-state index in [2.05, 4.69) is 15.9 Å². The number of halogens is 2. The lowest BCUT2D eigenvalue weighted by Gasteiger charge is -2.33. The van der Waals surface area contributed by atoms with Gasteiger partial charge in [-0.1, -0.05) is 39.7 Å². The molecule has 2 N–H and O–H groups in total. The maximum Gasteiger partial charge on any atom is 0.340 e. The van der Waals surface area contributed by atoms with Gasteiger partial charge in [0.05, 0.1) is 13.0 Å². The molecule has 0 radical (unpaired) electrons. The third-order valence-corrected chi connectivity index (χ3v) is 6.23. The van der Waals surface area contributed by atoms with Crippen LogP contribution >= 0.6 is 27.5 Å². The number of carbonyl (C=O) groups excluding carboxylic acids is 2. The maximum atomic E-state index is 13.0. The van der Waals surface area contributed by atoms with Crippen LogP contribution in [0, 0.1) is 0 Å². The molecule has 0 aromatic heterocycles. The van der Waals surface area contributed by atoms with E-state index in [4.69, 9.17) is 31.5 Å². The van der Waals surface area contributed by atoms with Crippen LogP contribution in [0.5, 0.6) is 5.75 Å². The van der Waals surface area contributed by atoms with Gasteiger partial charge in [0.1, 0.15) is 23.7 Å². The van der Waals surface area contributed by atoms with E-state index in [1.54, 1.807) is 18.2 Å². The molecular formula is C24H21BrClNO5. The van der Waals surface area contributed by atoms with Crippen LogP contribution in [0.2, 0.25) is 5.02 Å². The molecule has 0 saturated heterocycles. The number of ketones is 1. The summed E-state index contributed by atoms with van der Waals surface area (Å²) >= 11 is 9.46. The van der Waals surface area contributed by atoms with Crippen molar-refractivity contribution in [1.29, 1.82) is 0 Å². The molecule has 1 aliphatic heterocycles. The van der Waals surface area contributed by atoms with Crippen LogP contribution in [0.4, 0.5) is 0 Å². The summed E-state index contributed by atoms with van der Waals surface area (Å²) in [5.74, 6) is -0.514. The molecule has 166 valence electrons. The van der Waals surface area contributed by atoms with Gasteiger partial charge in [0, 0.05) is 33.5 Å². The lowest BCUT2D eigenvalue weighted by Crippen LogP contribution is -2.31. The molecule has 8 heteroatoms. The average molecular weight is 519 g/mol. The first-order valence-corrected chi connectivity index (χ1v) is 11.2. The van der Waals surface area contributed by atoms with Crippen molar-refractivity contribution in [2.45, 2.75) is 31.8 Å². The van der Waals surface area contributed by atoms with Crippen molar-refractivity contribution in [1.82, 2.24) is 0 Å². The number of hydrogen-bond acceptors (Lipinski definition) is 6. The van der Waals surface area contributed by atoms with Crippen molar-refractivity contribution >= 4 is 39.3 Å². The van der Waals surface area contributed by atoms with Gasteiger partial charge < -0.3 is 19.9 Å². The normalized spacial score (nSPS) is 18.2. The van der Waals surface area contributed by atoms with Gasteiger partial charge in [0.2, 0.25) is 5.88 Å². The fourth-order valence-electron chi connectivity index (χ4n) is 3.99. The van der Waals surface area contributed by atoms with Crippen LogP contribution < -0.4 is 10.5 Å². The minimum atomic E-state index is -0.753. The molecule has 1 atom stereocenters. The molecule has 0 fully saturated rings. The molecule has 1 heterocycles. The van der Waals surface area contributed by atoms with Gasteiger partial charge in [-0.05, 0) is 42.3 Å². The number of hydrogen-bond donors (Lipinski definition) is 1. The number of carbonyl (C=O) groups is 2. The molecule has 4 rings (SSSR count). The molecule has 2 aromatic rings. The van der Waals surface area contributed by atoms with E-state index in [9.17, 15) is 9.59 Å². The molecule has 1 aliphatic carbocycles. The molecule has 6 nitrogen and oxygen atoms in total. The predicted octanol–water partition coefficient (Wildman–Crippen LogP) is 5.15. The number of nitrogens with two attached hydrogens (primary N) is 1. The molecular weight excluding hydrogens is 498 g/mol. The van der Waals surface area contributed by atoms with E-state index in [1.807, 2.05) is 24.3 Å². The molecule has 0 saturated carbocycles. The Morgan fingerprint density at radius 1 is 1.22 bits per heavy atom. The smallest absolute Gasteiger partial charge is 0.340 e. The van der Waals surface area contributed by atoms with Crippen LogP contribution in [-0.2, 0) is 25.7 Å². The number of allylic oxidation sites excluding steroid dienone is 2. The van der Waals surface area contributed by atoms with Crippen molar-refractivity contribution in [3.8, 4) is 5.75 Å². The van der Waals surface area contributed by atoms with E-state index < -0.39 is 11.9 Å². The second-order valence-electron chi connectivity index (χ2n) is 7.52. The molecule has 32 heavy (non-hydrogen) atoms. The van der Waals surface area contributed by atoms with Crippen molar-refractivity contribution in [2.24, 2.45) is 5.73 Å². The Morgan fingerprint density at radius 2 is 1.97 bits per heavy atom. The Hall–Kier alpha value is -2.77. The fraction of sp³-hybridized carbons (Fsp3) is 0.250. The quantitative estimate of drug-likeness (QED) is 0.551. The van der Waals surface area contributed by atoms with E-state index in [0.29, 0.717) is 46.9 Å². The number of ether oxygens (including phenoxy) is 3. The minimum absolute atomic E-state index is 0.0565. The van der Waals surface area contributed by atoms with Crippen molar-refractivity contribution in [3.05, 3.63) is 85.9 Å². The summed E-state index contributed by atoms with van der Waals surface area (Å²) < 4.78 is 17.6. The highest BCUT2D eigenvalue weighted by Gasteiger charge is 2.42. The Labute approximate surface area is 199 Å². The van der Waals surface area contributed by atoms with Crippen LogP contribution in [0.3, 0.4) is 0 Å². The summed E-state index contributed by atoms with van der Waals surface area (Å²) in [7, 11) is 1.27. The average Bonchev–Trinajstić information content (AvgIpc) is 2.78. The summed E-state index contributed by atoms with van der Waals surface area (Å²) in [6.45, 7) is 0.279. The monoisotopic (exact) mass is 517 g/mol. The Morgan fingerprint density at radius 3 is 2.69 bits per heavy atom. The summed E-state index contributed by atoms with van der Waals surface area (Å²) in [4.78, 5) is 25.7. The van der Waals surface area contributed by atoms with E-state index in [-0.39, 0.29) is 23.8 Å². The number of esters is 1. The Kier molecular flexibility index (Phi) is 6.58.